The number of nitrogens with one attached hydrogen (secondary N) is 1. The highest BCUT2D eigenvalue weighted by molar-refractivity contribution is 5.94. The van der Waals surface area contributed by atoms with Gasteiger partial charge in [0.15, 0.2) is 12.4 Å². The van der Waals surface area contributed by atoms with Crippen molar-refractivity contribution in [3.05, 3.63) is 35.3 Å². The van der Waals surface area contributed by atoms with Gasteiger partial charge in [0, 0.05) is 18.2 Å². The molecule has 4 nitrogen and oxygen atoms in total. The van der Waals surface area contributed by atoms with Gasteiger partial charge in [-0.25, -0.2) is 0 Å². The fourth-order valence-electron chi connectivity index (χ4n) is 0.910. The van der Waals surface area contributed by atoms with Gasteiger partial charge in [-0.1, -0.05) is 0 Å². The van der Waals surface area contributed by atoms with Crippen LogP contribution in [-0.2, 0) is 0 Å². The van der Waals surface area contributed by atoms with E-state index in [9.17, 15) is 10.0 Å². The number of amides is 1. The first kappa shape index (κ1) is 9.51. The summed E-state index contributed by atoms with van der Waals surface area (Å²) >= 11 is 0. The molecule has 0 aromatic carbocycles. The molecule has 1 aromatic rings. The third kappa shape index (κ3) is 2.74. The molecule has 0 saturated heterocycles. The minimum atomic E-state index is -0.157. The smallest absolute Gasteiger partial charge is 0.251 e. The first-order chi connectivity index (χ1) is 6.09. The first-order valence-corrected chi connectivity index (χ1v) is 4.09. The molecule has 0 saturated carbocycles. The molecule has 0 bridgehead atoms. The summed E-state index contributed by atoms with van der Waals surface area (Å²) in [5, 5.41) is 13.4. The Morgan fingerprint density at radius 2 is 2.00 bits per heavy atom. The molecule has 0 atom stereocenters. The van der Waals surface area contributed by atoms with E-state index in [1.807, 2.05) is 13.8 Å². The second-order valence-electron chi connectivity index (χ2n) is 3.07. The van der Waals surface area contributed by atoms with E-state index < -0.39 is 0 Å². The number of aromatic nitrogens is 1. The van der Waals surface area contributed by atoms with Crippen LogP contribution in [0.2, 0.25) is 0 Å². The Labute approximate surface area is 76.8 Å². The van der Waals surface area contributed by atoms with Crippen LogP contribution in [0.1, 0.15) is 24.2 Å². The highest BCUT2D eigenvalue weighted by Gasteiger charge is 2.06. The number of carbonyl (C=O) groups is 1. The fourth-order valence-corrected chi connectivity index (χ4v) is 0.910. The second kappa shape index (κ2) is 3.89. The molecule has 1 heterocycles. The summed E-state index contributed by atoms with van der Waals surface area (Å²) < 4.78 is 0.645. The van der Waals surface area contributed by atoms with Gasteiger partial charge in [-0.15, -0.1) is 0 Å². The Kier molecular flexibility index (Phi) is 2.84. The maximum absolute atomic E-state index is 11.3. The van der Waals surface area contributed by atoms with Crippen molar-refractivity contribution in [1.29, 1.82) is 0 Å². The standard InChI is InChI=1S/C9H12N2O2/c1-7(2)10-9(12)8-3-5-11(13)6-4-8/h3-7H,1-2H3,(H,10,12). The SMILES string of the molecule is CC(C)NC(=O)c1cc[n+]([O-])cc1. The van der Waals surface area contributed by atoms with Crippen molar-refractivity contribution in [3.8, 4) is 0 Å². The van der Waals surface area contributed by atoms with Gasteiger partial charge >= 0.3 is 0 Å². The van der Waals surface area contributed by atoms with Crippen molar-refractivity contribution in [2.24, 2.45) is 0 Å². The highest BCUT2D eigenvalue weighted by Crippen LogP contribution is 1.95. The topological polar surface area (TPSA) is 56.0 Å². The summed E-state index contributed by atoms with van der Waals surface area (Å²) in [5.41, 5.74) is 0.501. The Balaban J connectivity index is 2.72. The molecule has 1 aromatic heterocycles. The molecular formula is C9H12N2O2. The van der Waals surface area contributed by atoms with Gasteiger partial charge in [-0.05, 0) is 13.8 Å². The van der Waals surface area contributed by atoms with Crippen LogP contribution >= 0.6 is 0 Å². The van der Waals surface area contributed by atoms with E-state index >= 15 is 0 Å². The second-order valence-corrected chi connectivity index (χ2v) is 3.07. The Morgan fingerprint density at radius 1 is 1.46 bits per heavy atom. The van der Waals surface area contributed by atoms with Crippen molar-refractivity contribution in [2.45, 2.75) is 19.9 Å². The monoisotopic (exact) mass is 180 g/mol. The summed E-state index contributed by atoms with van der Waals surface area (Å²) in [7, 11) is 0. The molecule has 70 valence electrons. The molecule has 13 heavy (non-hydrogen) atoms. The molecule has 0 spiro atoms. The maximum Gasteiger partial charge on any atom is 0.251 e. The average molecular weight is 180 g/mol. The lowest BCUT2D eigenvalue weighted by Crippen LogP contribution is -2.31. The van der Waals surface area contributed by atoms with E-state index in [1.54, 1.807) is 0 Å². The third-order valence-corrected chi connectivity index (χ3v) is 1.48. The van der Waals surface area contributed by atoms with E-state index in [0.29, 0.717) is 10.3 Å². The zero-order chi connectivity index (χ0) is 9.84. The zero-order valence-corrected chi connectivity index (χ0v) is 7.65. The van der Waals surface area contributed by atoms with Crippen LogP contribution in [0.25, 0.3) is 0 Å². The lowest BCUT2D eigenvalue weighted by molar-refractivity contribution is -0.605. The summed E-state index contributed by atoms with van der Waals surface area (Å²) in [6, 6.07) is 3.09. The predicted molar refractivity (Wildman–Crippen MR) is 48.0 cm³/mol. The molecule has 0 fully saturated rings. The van der Waals surface area contributed by atoms with E-state index in [1.165, 1.54) is 24.5 Å². The third-order valence-electron chi connectivity index (χ3n) is 1.48. The number of nitrogens with zero attached hydrogens (tertiary/aromatic N) is 1. The minimum absolute atomic E-state index is 0.104. The molecule has 1 amide bonds. The van der Waals surface area contributed by atoms with Crippen LogP contribution in [0.15, 0.2) is 24.5 Å². The largest absolute Gasteiger partial charge is 0.619 e. The van der Waals surface area contributed by atoms with Gasteiger partial charge in [0.05, 0.1) is 5.56 Å². The molecule has 1 rings (SSSR count). The van der Waals surface area contributed by atoms with Crippen LogP contribution < -0.4 is 10.0 Å². The van der Waals surface area contributed by atoms with E-state index in [-0.39, 0.29) is 11.9 Å². The van der Waals surface area contributed by atoms with Gasteiger partial charge in [-0.3, -0.25) is 4.79 Å². The molecule has 4 heteroatoms. The predicted octanol–water partition coefficient (Wildman–Crippen LogP) is 0.458. The average Bonchev–Trinajstić information content (AvgIpc) is 2.04. The summed E-state index contributed by atoms with van der Waals surface area (Å²) in [6.45, 7) is 3.77. The van der Waals surface area contributed by atoms with Crippen molar-refractivity contribution in [1.82, 2.24) is 5.32 Å². The van der Waals surface area contributed by atoms with Gasteiger partial charge < -0.3 is 10.5 Å². The summed E-state index contributed by atoms with van der Waals surface area (Å²) in [4.78, 5) is 11.3. The van der Waals surface area contributed by atoms with Gasteiger partial charge in [-0.2, -0.15) is 4.73 Å². The van der Waals surface area contributed by atoms with Crippen LogP contribution in [-0.4, -0.2) is 11.9 Å². The Hall–Kier alpha value is -1.58. The van der Waals surface area contributed by atoms with E-state index in [0.717, 1.165) is 0 Å². The van der Waals surface area contributed by atoms with Crippen LogP contribution in [0, 0.1) is 5.21 Å². The van der Waals surface area contributed by atoms with Gasteiger partial charge in [0.2, 0.25) is 0 Å². The molecule has 0 aliphatic rings. The van der Waals surface area contributed by atoms with Crippen LogP contribution in [0.5, 0.6) is 0 Å². The first-order valence-electron chi connectivity index (χ1n) is 4.09. The molecule has 0 aliphatic heterocycles. The molecule has 1 N–H and O–H groups in total. The summed E-state index contributed by atoms with van der Waals surface area (Å²) in [6.07, 6.45) is 2.60. The van der Waals surface area contributed by atoms with Gasteiger partial charge in [0.1, 0.15) is 0 Å². The van der Waals surface area contributed by atoms with Gasteiger partial charge in [0.25, 0.3) is 5.91 Å². The maximum atomic E-state index is 11.3. The van der Waals surface area contributed by atoms with Crippen LogP contribution in [0.3, 0.4) is 0 Å². The number of hydrogen-bond acceptors (Lipinski definition) is 2. The number of rotatable bonds is 2. The lowest BCUT2D eigenvalue weighted by Gasteiger charge is -2.07. The van der Waals surface area contributed by atoms with Crippen LogP contribution in [0.4, 0.5) is 0 Å². The fraction of sp³-hybridized carbons (Fsp3) is 0.333. The van der Waals surface area contributed by atoms with Crippen molar-refractivity contribution >= 4 is 5.91 Å². The molecule has 0 radical (unpaired) electrons. The zero-order valence-electron chi connectivity index (χ0n) is 7.65. The normalized spacial score (nSPS) is 10.1. The summed E-state index contributed by atoms with van der Waals surface area (Å²) in [5.74, 6) is -0.157. The number of pyridine rings is 1. The highest BCUT2D eigenvalue weighted by atomic mass is 16.5. The van der Waals surface area contributed by atoms with Crippen molar-refractivity contribution in [3.63, 3.8) is 0 Å². The van der Waals surface area contributed by atoms with Crippen molar-refractivity contribution in [2.75, 3.05) is 0 Å². The Bertz CT molecular complexity index is 293. The quantitative estimate of drug-likeness (QED) is 0.531. The lowest BCUT2D eigenvalue weighted by atomic mass is 10.2. The van der Waals surface area contributed by atoms with E-state index in [2.05, 4.69) is 5.32 Å². The van der Waals surface area contributed by atoms with Crippen molar-refractivity contribution < 1.29 is 9.52 Å². The minimum Gasteiger partial charge on any atom is -0.619 e. The molecular weight excluding hydrogens is 168 g/mol. The number of hydrogen-bond donors (Lipinski definition) is 1. The molecule has 0 aliphatic carbocycles. The Morgan fingerprint density at radius 3 is 2.46 bits per heavy atom. The molecule has 0 unspecified atom stereocenters. The van der Waals surface area contributed by atoms with E-state index in [4.69, 9.17) is 0 Å². The number of carbonyl (C=O) groups excluding carboxylic acids is 1.